The van der Waals surface area contributed by atoms with E-state index in [9.17, 15) is 9.90 Å². The fourth-order valence-corrected chi connectivity index (χ4v) is 4.46. The molecule has 28 heavy (non-hydrogen) atoms. The Morgan fingerprint density at radius 1 is 0.857 bits per heavy atom. The van der Waals surface area contributed by atoms with Crippen molar-refractivity contribution in [1.82, 2.24) is 0 Å². The van der Waals surface area contributed by atoms with Crippen LogP contribution in [0.4, 0.5) is 5.69 Å². The van der Waals surface area contributed by atoms with Crippen molar-refractivity contribution in [2.24, 2.45) is 0 Å². The first kappa shape index (κ1) is 18.3. The van der Waals surface area contributed by atoms with Gasteiger partial charge in [-0.2, -0.15) is 0 Å². The summed E-state index contributed by atoms with van der Waals surface area (Å²) in [5.74, 6) is -0.480. The van der Waals surface area contributed by atoms with Crippen molar-refractivity contribution in [2.45, 2.75) is 17.6 Å². The topological polar surface area (TPSA) is 49.8 Å². The van der Waals surface area contributed by atoms with Crippen LogP contribution in [0.5, 0.6) is 0 Å². The highest BCUT2D eigenvalue weighted by Gasteiger charge is 2.66. The van der Waals surface area contributed by atoms with E-state index in [-0.39, 0.29) is 0 Å². The number of methoxy groups -OCH3 is 1. The molecule has 3 aromatic rings. The molecule has 2 atom stereocenters. The second-order valence-corrected chi connectivity index (χ2v) is 7.03. The molecule has 0 saturated carbocycles. The monoisotopic (exact) mass is 373 g/mol. The highest BCUT2D eigenvalue weighted by Crippen LogP contribution is 2.54. The van der Waals surface area contributed by atoms with E-state index in [0.29, 0.717) is 24.1 Å². The molecule has 0 unspecified atom stereocenters. The lowest BCUT2D eigenvalue weighted by molar-refractivity contribution is -0.158. The third-order valence-corrected chi connectivity index (χ3v) is 5.69. The lowest BCUT2D eigenvalue weighted by atomic mass is 9.71. The first-order valence-electron chi connectivity index (χ1n) is 9.39. The summed E-state index contributed by atoms with van der Waals surface area (Å²) in [7, 11) is 1.37. The zero-order valence-electron chi connectivity index (χ0n) is 15.8. The Morgan fingerprint density at radius 3 is 1.89 bits per heavy atom. The van der Waals surface area contributed by atoms with E-state index in [1.165, 1.54) is 7.11 Å². The minimum atomic E-state index is -1.45. The van der Waals surface area contributed by atoms with Gasteiger partial charge in [0.2, 0.25) is 0 Å². The molecule has 0 aromatic heterocycles. The Balaban J connectivity index is 2.04. The van der Waals surface area contributed by atoms with Gasteiger partial charge >= 0.3 is 5.97 Å². The van der Waals surface area contributed by atoms with Crippen LogP contribution in [0, 0.1) is 0 Å². The molecule has 3 aromatic carbocycles. The summed E-state index contributed by atoms with van der Waals surface area (Å²) in [5, 5.41) is 12.1. The van der Waals surface area contributed by atoms with Gasteiger partial charge in [0.25, 0.3) is 0 Å². The molecule has 0 bridgehead atoms. The molecule has 1 saturated heterocycles. The molecule has 0 radical (unpaired) electrons. The third-order valence-electron chi connectivity index (χ3n) is 5.69. The van der Waals surface area contributed by atoms with Crippen LogP contribution < -0.4 is 4.90 Å². The number of nitrogens with zero attached hydrogens (tertiary/aromatic N) is 1. The number of hydrogen-bond acceptors (Lipinski definition) is 4. The number of esters is 1. The molecule has 4 nitrogen and oxygen atoms in total. The van der Waals surface area contributed by atoms with E-state index in [4.69, 9.17) is 4.74 Å². The van der Waals surface area contributed by atoms with Crippen molar-refractivity contribution in [1.29, 1.82) is 0 Å². The van der Waals surface area contributed by atoms with Crippen molar-refractivity contribution in [3.05, 3.63) is 102 Å². The maximum absolute atomic E-state index is 13.5. The van der Waals surface area contributed by atoms with Crippen molar-refractivity contribution < 1.29 is 14.6 Å². The lowest BCUT2D eigenvalue weighted by Gasteiger charge is -2.45. The summed E-state index contributed by atoms with van der Waals surface area (Å²) in [4.78, 5) is 15.5. The van der Waals surface area contributed by atoms with Crippen LogP contribution in [-0.2, 0) is 20.7 Å². The Morgan fingerprint density at radius 2 is 1.36 bits per heavy atom. The van der Waals surface area contributed by atoms with Gasteiger partial charge in [-0.25, -0.2) is 4.79 Å². The number of ether oxygens (including phenoxy) is 1. The molecule has 0 amide bonds. The average Bonchev–Trinajstić information content (AvgIpc) is 3.10. The van der Waals surface area contributed by atoms with E-state index in [1.807, 2.05) is 95.9 Å². The quantitative estimate of drug-likeness (QED) is 0.706. The Hall–Kier alpha value is -3.11. The van der Waals surface area contributed by atoms with E-state index < -0.39 is 17.1 Å². The number of benzene rings is 3. The fourth-order valence-electron chi connectivity index (χ4n) is 4.46. The molecule has 0 aliphatic carbocycles. The minimum Gasteiger partial charge on any atom is -0.467 e. The summed E-state index contributed by atoms with van der Waals surface area (Å²) in [6, 6.07) is 28.5. The zero-order chi connectivity index (χ0) is 19.6. The molecule has 1 heterocycles. The summed E-state index contributed by atoms with van der Waals surface area (Å²) in [6.07, 6.45) is 0.399. The van der Waals surface area contributed by atoms with Crippen molar-refractivity contribution in [3.63, 3.8) is 0 Å². The summed E-state index contributed by atoms with van der Waals surface area (Å²) in [6.45, 7) is 0.513. The molecule has 1 aliphatic rings. The summed E-state index contributed by atoms with van der Waals surface area (Å²) < 4.78 is 5.32. The molecule has 142 valence electrons. The van der Waals surface area contributed by atoms with E-state index in [1.54, 1.807) is 0 Å². The molecule has 1 aliphatic heterocycles. The average molecular weight is 373 g/mol. The van der Waals surface area contributed by atoms with Gasteiger partial charge in [0.15, 0.2) is 5.54 Å². The predicted molar refractivity (Wildman–Crippen MR) is 109 cm³/mol. The maximum Gasteiger partial charge on any atom is 0.339 e. The second kappa shape index (κ2) is 7.13. The number of para-hydroxylation sites is 1. The predicted octanol–water partition coefficient (Wildman–Crippen LogP) is 3.85. The van der Waals surface area contributed by atoms with Gasteiger partial charge in [-0.05, 0) is 23.3 Å². The number of carbonyl (C=O) groups is 1. The number of hydrogen-bond donors (Lipinski definition) is 1. The molecule has 4 heteroatoms. The van der Waals surface area contributed by atoms with Crippen molar-refractivity contribution in [2.75, 3.05) is 18.6 Å². The van der Waals surface area contributed by atoms with E-state index >= 15 is 0 Å². The van der Waals surface area contributed by atoms with Gasteiger partial charge in [-0.1, -0.05) is 78.9 Å². The van der Waals surface area contributed by atoms with Gasteiger partial charge in [0.1, 0.15) is 5.60 Å². The van der Waals surface area contributed by atoms with Crippen LogP contribution in [0.15, 0.2) is 91.0 Å². The van der Waals surface area contributed by atoms with Gasteiger partial charge < -0.3 is 14.7 Å². The Bertz CT molecular complexity index is 945. The highest BCUT2D eigenvalue weighted by atomic mass is 16.5. The Kier molecular flexibility index (Phi) is 4.65. The van der Waals surface area contributed by atoms with Crippen molar-refractivity contribution in [3.8, 4) is 0 Å². The molecule has 0 spiro atoms. The van der Waals surface area contributed by atoms with Crippen LogP contribution in [0.2, 0.25) is 0 Å². The molecular weight excluding hydrogens is 350 g/mol. The largest absolute Gasteiger partial charge is 0.467 e. The maximum atomic E-state index is 13.5. The summed E-state index contributed by atoms with van der Waals surface area (Å²) in [5.41, 5.74) is -0.578. The van der Waals surface area contributed by atoms with Crippen LogP contribution in [-0.4, -0.2) is 24.7 Å². The molecular formula is C24H23NO3. The fraction of sp³-hybridized carbons (Fsp3) is 0.208. The SMILES string of the molecule is COC(=O)[C@@]1(c2ccccc2)N(c2ccccc2)CC[C@@]1(O)c1ccccc1. The zero-order valence-corrected chi connectivity index (χ0v) is 15.8. The van der Waals surface area contributed by atoms with Gasteiger partial charge in [0.05, 0.1) is 7.11 Å². The normalized spacial score (nSPS) is 24.1. The number of anilines is 1. The number of carbonyl (C=O) groups excluding carboxylic acids is 1. The van der Waals surface area contributed by atoms with E-state index in [0.717, 1.165) is 5.69 Å². The van der Waals surface area contributed by atoms with Gasteiger partial charge in [-0.3, -0.25) is 0 Å². The minimum absolute atomic E-state index is 0.399. The number of rotatable bonds is 4. The van der Waals surface area contributed by atoms with Crippen molar-refractivity contribution >= 4 is 11.7 Å². The lowest BCUT2D eigenvalue weighted by Crippen LogP contribution is -2.59. The van der Waals surface area contributed by atoms with Gasteiger partial charge in [0, 0.05) is 18.7 Å². The van der Waals surface area contributed by atoms with Crippen LogP contribution in [0.25, 0.3) is 0 Å². The third kappa shape index (κ3) is 2.53. The summed E-state index contributed by atoms with van der Waals surface area (Å²) >= 11 is 0. The van der Waals surface area contributed by atoms with Crippen LogP contribution in [0.1, 0.15) is 17.5 Å². The van der Waals surface area contributed by atoms with Crippen LogP contribution >= 0.6 is 0 Å². The second-order valence-electron chi connectivity index (χ2n) is 7.03. The van der Waals surface area contributed by atoms with E-state index in [2.05, 4.69) is 0 Å². The first-order valence-corrected chi connectivity index (χ1v) is 9.39. The van der Waals surface area contributed by atoms with Gasteiger partial charge in [-0.15, -0.1) is 0 Å². The highest BCUT2D eigenvalue weighted by molar-refractivity contribution is 5.90. The first-order chi connectivity index (χ1) is 13.6. The number of aliphatic hydroxyl groups is 1. The standard InChI is InChI=1S/C24H23NO3/c1-28-22(26)24(20-13-7-3-8-14-20)23(27,19-11-5-2-6-12-19)17-18-25(24)21-15-9-4-10-16-21/h2-16,27H,17-18H2,1H3/t23-,24-/m1/s1. The molecule has 1 fully saturated rings. The molecule has 1 N–H and O–H groups in total. The molecule has 4 rings (SSSR count). The smallest absolute Gasteiger partial charge is 0.339 e. The van der Waals surface area contributed by atoms with Crippen LogP contribution in [0.3, 0.4) is 0 Å². The Labute approximate surface area is 165 Å².